The maximum absolute atomic E-state index is 12.4. The molecule has 2 heterocycles. The van der Waals surface area contributed by atoms with Crippen LogP contribution in [-0.2, 0) is 14.3 Å². The highest BCUT2D eigenvalue weighted by atomic mass is 35.5. The van der Waals surface area contributed by atoms with E-state index in [-0.39, 0.29) is 17.5 Å². The molecule has 2 aliphatic rings. The van der Waals surface area contributed by atoms with Gasteiger partial charge in [-0.3, -0.25) is 9.59 Å². The molecule has 2 aliphatic heterocycles. The standard InChI is InChI=1S/C21H20ClN3O4/c1-12-9-14(22)5-6-15(12)23-19(26)11-29-21(28)13-4-7-17-16(10-13)24-20(27)18-3-2-8-25(17)18/h4-7,9-10,18H,2-3,8,11H2,1H3,(H,23,26)(H,24,27)/t18-/m0/s1. The van der Waals surface area contributed by atoms with Crippen molar-refractivity contribution in [2.24, 2.45) is 0 Å². The smallest absolute Gasteiger partial charge is 0.338 e. The molecular weight excluding hydrogens is 394 g/mol. The van der Waals surface area contributed by atoms with Crippen LogP contribution in [0.4, 0.5) is 17.1 Å². The van der Waals surface area contributed by atoms with E-state index in [1.165, 1.54) is 0 Å². The molecule has 29 heavy (non-hydrogen) atoms. The zero-order valence-electron chi connectivity index (χ0n) is 15.8. The predicted molar refractivity (Wildman–Crippen MR) is 111 cm³/mol. The lowest BCUT2D eigenvalue weighted by atomic mass is 10.1. The van der Waals surface area contributed by atoms with E-state index >= 15 is 0 Å². The number of rotatable bonds is 4. The number of carbonyl (C=O) groups is 3. The topological polar surface area (TPSA) is 87.7 Å². The Morgan fingerprint density at radius 1 is 1.28 bits per heavy atom. The van der Waals surface area contributed by atoms with Crippen LogP contribution >= 0.6 is 11.6 Å². The molecule has 2 N–H and O–H groups in total. The Hall–Kier alpha value is -3.06. The zero-order valence-corrected chi connectivity index (χ0v) is 16.6. The number of nitrogens with one attached hydrogen (secondary N) is 2. The molecule has 2 aromatic carbocycles. The van der Waals surface area contributed by atoms with Gasteiger partial charge in [-0.15, -0.1) is 0 Å². The highest BCUT2D eigenvalue weighted by Crippen LogP contribution is 2.37. The van der Waals surface area contributed by atoms with Gasteiger partial charge in [0.1, 0.15) is 6.04 Å². The fraction of sp³-hybridized carbons (Fsp3) is 0.286. The summed E-state index contributed by atoms with van der Waals surface area (Å²) in [5, 5.41) is 6.12. The molecule has 2 amide bonds. The molecule has 4 rings (SSSR count). The van der Waals surface area contributed by atoms with E-state index in [9.17, 15) is 14.4 Å². The van der Waals surface area contributed by atoms with Crippen molar-refractivity contribution in [3.05, 3.63) is 52.5 Å². The third kappa shape index (κ3) is 3.91. The van der Waals surface area contributed by atoms with Crippen molar-refractivity contribution in [3.63, 3.8) is 0 Å². The van der Waals surface area contributed by atoms with Gasteiger partial charge < -0.3 is 20.3 Å². The number of esters is 1. The Kier molecular flexibility index (Phi) is 5.15. The van der Waals surface area contributed by atoms with Crippen molar-refractivity contribution in [3.8, 4) is 0 Å². The van der Waals surface area contributed by atoms with Crippen LogP contribution in [0.3, 0.4) is 0 Å². The van der Waals surface area contributed by atoms with Crippen molar-refractivity contribution in [2.75, 3.05) is 28.7 Å². The summed E-state index contributed by atoms with van der Waals surface area (Å²) in [6.45, 7) is 2.22. The van der Waals surface area contributed by atoms with Crippen LogP contribution < -0.4 is 15.5 Å². The molecule has 0 aromatic heterocycles. The molecule has 1 atom stereocenters. The fourth-order valence-electron chi connectivity index (χ4n) is 3.73. The van der Waals surface area contributed by atoms with Gasteiger partial charge in [0.2, 0.25) is 5.91 Å². The van der Waals surface area contributed by atoms with Crippen LogP contribution in [0, 0.1) is 6.92 Å². The summed E-state index contributed by atoms with van der Waals surface area (Å²) in [4.78, 5) is 38.8. The second-order valence-corrected chi connectivity index (χ2v) is 7.59. The van der Waals surface area contributed by atoms with Gasteiger partial charge in [0, 0.05) is 17.3 Å². The Labute approximate surface area is 173 Å². The molecule has 0 unspecified atom stereocenters. The first-order valence-corrected chi connectivity index (χ1v) is 9.75. The summed E-state index contributed by atoms with van der Waals surface area (Å²) < 4.78 is 5.13. The molecule has 0 saturated carbocycles. The zero-order chi connectivity index (χ0) is 20.5. The van der Waals surface area contributed by atoms with E-state index in [0.717, 1.165) is 30.6 Å². The van der Waals surface area contributed by atoms with Gasteiger partial charge >= 0.3 is 5.97 Å². The van der Waals surface area contributed by atoms with E-state index in [2.05, 4.69) is 15.5 Å². The van der Waals surface area contributed by atoms with Crippen LogP contribution in [0.5, 0.6) is 0 Å². The first-order valence-electron chi connectivity index (χ1n) is 9.37. The molecule has 0 aliphatic carbocycles. The van der Waals surface area contributed by atoms with Gasteiger partial charge in [0.05, 0.1) is 16.9 Å². The third-order valence-electron chi connectivity index (χ3n) is 5.15. The van der Waals surface area contributed by atoms with Crippen molar-refractivity contribution < 1.29 is 19.1 Å². The maximum Gasteiger partial charge on any atom is 0.338 e. The minimum absolute atomic E-state index is 0.0572. The first kappa shape index (κ1) is 19.3. The van der Waals surface area contributed by atoms with Crippen molar-refractivity contribution in [1.29, 1.82) is 0 Å². The molecule has 1 saturated heterocycles. The maximum atomic E-state index is 12.4. The Balaban J connectivity index is 1.39. The lowest BCUT2D eigenvalue weighted by molar-refractivity contribution is -0.119. The van der Waals surface area contributed by atoms with Crippen molar-refractivity contribution >= 4 is 46.4 Å². The van der Waals surface area contributed by atoms with Gasteiger partial charge in [-0.1, -0.05) is 11.6 Å². The van der Waals surface area contributed by atoms with E-state index < -0.39 is 18.5 Å². The summed E-state index contributed by atoms with van der Waals surface area (Å²) >= 11 is 5.90. The molecule has 150 valence electrons. The predicted octanol–water partition coefficient (Wildman–Crippen LogP) is 3.36. The number of amides is 2. The summed E-state index contributed by atoms with van der Waals surface area (Å²) in [7, 11) is 0. The van der Waals surface area contributed by atoms with Crippen LogP contribution in [-0.4, -0.2) is 37.0 Å². The van der Waals surface area contributed by atoms with Crippen LogP contribution in [0.1, 0.15) is 28.8 Å². The second kappa shape index (κ2) is 7.75. The largest absolute Gasteiger partial charge is 0.452 e. The average Bonchev–Trinajstić information content (AvgIpc) is 3.19. The van der Waals surface area contributed by atoms with Gasteiger partial charge in [-0.25, -0.2) is 4.79 Å². The molecular formula is C21H20ClN3O4. The van der Waals surface area contributed by atoms with E-state index in [1.54, 1.807) is 36.4 Å². The molecule has 0 spiro atoms. The molecule has 0 bridgehead atoms. The van der Waals surface area contributed by atoms with Gasteiger partial charge in [0.15, 0.2) is 6.61 Å². The van der Waals surface area contributed by atoms with Gasteiger partial charge in [-0.05, 0) is 61.7 Å². The Morgan fingerprint density at radius 3 is 2.90 bits per heavy atom. The summed E-state index contributed by atoms with van der Waals surface area (Å²) in [5.74, 6) is -1.14. The van der Waals surface area contributed by atoms with Crippen LogP contribution in [0.15, 0.2) is 36.4 Å². The summed E-state index contributed by atoms with van der Waals surface area (Å²) in [5.41, 5.74) is 3.18. The molecule has 8 heteroatoms. The van der Waals surface area contributed by atoms with Crippen molar-refractivity contribution in [1.82, 2.24) is 0 Å². The lowest BCUT2D eigenvalue weighted by Gasteiger charge is -2.33. The number of fused-ring (bicyclic) bond motifs is 3. The normalized spacial score (nSPS) is 17.2. The number of anilines is 3. The number of nitrogens with zero attached hydrogens (tertiary/aromatic N) is 1. The third-order valence-corrected chi connectivity index (χ3v) is 5.39. The van der Waals surface area contributed by atoms with Crippen LogP contribution in [0.2, 0.25) is 5.02 Å². The quantitative estimate of drug-likeness (QED) is 0.750. The minimum atomic E-state index is -0.631. The summed E-state index contributed by atoms with van der Waals surface area (Å²) in [6.07, 6.45) is 1.79. The monoisotopic (exact) mass is 413 g/mol. The number of benzene rings is 2. The molecule has 1 fully saturated rings. The number of carbonyl (C=O) groups excluding carboxylic acids is 3. The average molecular weight is 414 g/mol. The Bertz CT molecular complexity index is 1010. The molecule has 7 nitrogen and oxygen atoms in total. The number of hydrogen-bond acceptors (Lipinski definition) is 5. The highest BCUT2D eigenvalue weighted by molar-refractivity contribution is 6.30. The van der Waals surface area contributed by atoms with Gasteiger partial charge in [-0.2, -0.15) is 0 Å². The minimum Gasteiger partial charge on any atom is -0.452 e. The highest BCUT2D eigenvalue weighted by Gasteiger charge is 2.36. The van der Waals surface area contributed by atoms with E-state index in [1.807, 2.05) is 6.92 Å². The SMILES string of the molecule is Cc1cc(Cl)ccc1NC(=O)COC(=O)c1ccc2c(c1)NC(=O)[C@@H]1CCCN21. The van der Waals surface area contributed by atoms with E-state index in [4.69, 9.17) is 16.3 Å². The first-order chi connectivity index (χ1) is 13.9. The molecule has 0 radical (unpaired) electrons. The van der Waals surface area contributed by atoms with Crippen LogP contribution in [0.25, 0.3) is 0 Å². The number of aryl methyl sites for hydroxylation is 1. The second-order valence-electron chi connectivity index (χ2n) is 7.16. The fourth-order valence-corrected chi connectivity index (χ4v) is 3.95. The molecule has 2 aromatic rings. The van der Waals surface area contributed by atoms with Gasteiger partial charge in [0.25, 0.3) is 5.91 Å². The number of hydrogen-bond donors (Lipinski definition) is 2. The number of ether oxygens (including phenoxy) is 1. The number of halogens is 1. The van der Waals surface area contributed by atoms with E-state index in [0.29, 0.717) is 16.4 Å². The lowest BCUT2D eigenvalue weighted by Crippen LogP contribution is -2.43. The summed E-state index contributed by atoms with van der Waals surface area (Å²) in [6, 6.07) is 9.99. The van der Waals surface area contributed by atoms with Crippen molar-refractivity contribution in [2.45, 2.75) is 25.8 Å². The Morgan fingerprint density at radius 2 is 2.10 bits per heavy atom.